The molecule has 1 N–H and O–H groups in total. The predicted octanol–water partition coefficient (Wildman–Crippen LogP) is 0.596. The van der Waals surface area contributed by atoms with Gasteiger partial charge in [-0.2, -0.15) is 10.1 Å². The van der Waals surface area contributed by atoms with E-state index in [0.29, 0.717) is 11.4 Å². The number of hydrazone groups is 1. The van der Waals surface area contributed by atoms with Crippen molar-refractivity contribution in [3.05, 3.63) is 62.3 Å². The third kappa shape index (κ3) is 2.57. The number of hydrogen-bond acceptors (Lipinski definition) is 5. The van der Waals surface area contributed by atoms with Crippen LogP contribution in [0.3, 0.4) is 0 Å². The van der Waals surface area contributed by atoms with E-state index in [1.54, 1.807) is 31.2 Å². The molecule has 2 aromatic rings. The molecule has 0 unspecified atom stereocenters. The fourth-order valence-electron chi connectivity index (χ4n) is 2.56. The van der Waals surface area contributed by atoms with Crippen LogP contribution in [0.15, 0.2) is 50.6 Å². The second-order valence-electron chi connectivity index (χ2n) is 5.64. The van der Waals surface area contributed by atoms with Gasteiger partial charge in [-0.25, -0.2) is 4.79 Å². The lowest BCUT2D eigenvalue weighted by Crippen LogP contribution is -2.38. The molecule has 1 aromatic heterocycles. The van der Waals surface area contributed by atoms with Gasteiger partial charge in [0.1, 0.15) is 5.56 Å². The fourth-order valence-corrected chi connectivity index (χ4v) is 2.56. The normalized spacial score (nSPS) is 15.8. The van der Waals surface area contributed by atoms with Crippen molar-refractivity contribution in [3.63, 3.8) is 0 Å². The molecule has 0 saturated heterocycles. The summed E-state index contributed by atoms with van der Waals surface area (Å²) in [5.41, 5.74) is -0.310. The summed E-state index contributed by atoms with van der Waals surface area (Å²) >= 11 is 0. The molecule has 8 heteroatoms. The summed E-state index contributed by atoms with van der Waals surface area (Å²) in [7, 11) is 2.65. The molecule has 128 valence electrons. The third-order valence-corrected chi connectivity index (χ3v) is 4.02. The van der Waals surface area contributed by atoms with Gasteiger partial charge in [0, 0.05) is 14.1 Å². The molecule has 2 heterocycles. The number of nitrogens with zero attached hydrogens (tertiary/aromatic N) is 4. The third-order valence-electron chi connectivity index (χ3n) is 4.02. The molecule has 1 amide bonds. The summed E-state index contributed by atoms with van der Waals surface area (Å²) in [4.78, 5) is 36.8. The topological polar surface area (TPSA) is 96.9 Å². The Morgan fingerprint density at radius 1 is 1.04 bits per heavy atom. The maximum Gasteiger partial charge on any atom is 0.333 e. The summed E-state index contributed by atoms with van der Waals surface area (Å²) in [6.07, 6.45) is 1.27. The highest BCUT2D eigenvalue weighted by atomic mass is 16.3. The second kappa shape index (κ2) is 5.90. The standard InChI is InChI=1S/C17H16N4O4/c1-10-12(16(24)21(18-10)11-7-5-4-6-8-11)9-13-14(22)19(2)17(25)20(3)15(13)23/h4-9,22H,1-3H3/b12-9-. The molecular formula is C17H16N4O4. The minimum Gasteiger partial charge on any atom is -0.494 e. The van der Waals surface area contributed by atoms with Gasteiger partial charge in [-0.15, -0.1) is 0 Å². The molecular weight excluding hydrogens is 324 g/mol. The molecule has 1 aliphatic heterocycles. The number of aromatic hydroxyl groups is 1. The summed E-state index contributed by atoms with van der Waals surface area (Å²) in [6.45, 7) is 1.64. The maximum atomic E-state index is 12.7. The summed E-state index contributed by atoms with van der Waals surface area (Å²) in [5, 5.41) is 15.6. The Morgan fingerprint density at radius 2 is 1.68 bits per heavy atom. The van der Waals surface area contributed by atoms with Gasteiger partial charge in [0.05, 0.1) is 17.0 Å². The quantitative estimate of drug-likeness (QED) is 0.810. The number of anilines is 1. The number of carbonyl (C=O) groups is 1. The summed E-state index contributed by atoms with van der Waals surface area (Å²) in [5.74, 6) is -0.918. The molecule has 0 aliphatic carbocycles. The van der Waals surface area contributed by atoms with Crippen LogP contribution in [-0.2, 0) is 18.9 Å². The highest BCUT2D eigenvalue weighted by Gasteiger charge is 2.29. The first-order chi connectivity index (χ1) is 11.8. The monoisotopic (exact) mass is 340 g/mol. The Hall–Kier alpha value is -3.42. The molecule has 25 heavy (non-hydrogen) atoms. The summed E-state index contributed by atoms with van der Waals surface area (Å²) < 4.78 is 1.81. The van der Waals surface area contributed by atoms with Gasteiger partial charge >= 0.3 is 5.69 Å². The number of carbonyl (C=O) groups excluding carboxylic acids is 1. The van der Waals surface area contributed by atoms with E-state index in [2.05, 4.69) is 5.10 Å². The van der Waals surface area contributed by atoms with Crippen LogP contribution in [0.5, 0.6) is 5.88 Å². The first kappa shape index (κ1) is 16.4. The van der Waals surface area contributed by atoms with Crippen LogP contribution in [0.2, 0.25) is 0 Å². The van der Waals surface area contributed by atoms with Crippen LogP contribution >= 0.6 is 0 Å². The SMILES string of the molecule is CC1=NN(c2ccccc2)C(=O)/C1=C\c1c(O)n(C)c(=O)n(C)c1=O. The molecule has 1 aromatic carbocycles. The molecule has 1 aliphatic rings. The minimum absolute atomic E-state index is 0.141. The van der Waals surface area contributed by atoms with Crippen LogP contribution in [0.25, 0.3) is 6.08 Å². The Labute approximate surface area is 142 Å². The zero-order valence-corrected chi connectivity index (χ0v) is 13.9. The first-order valence-electron chi connectivity index (χ1n) is 7.48. The lowest BCUT2D eigenvalue weighted by Gasteiger charge is -2.11. The number of benzene rings is 1. The van der Waals surface area contributed by atoms with Crippen LogP contribution in [-0.4, -0.2) is 25.9 Å². The van der Waals surface area contributed by atoms with Gasteiger partial charge in [-0.1, -0.05) is 18.2 Å². The van der Waals surface area contributed by atoms with Crippen LogP contribution in [0, 0.1) is 0 Å². The van der Waals surface area contributed by atoms with E-state index < -0.39 is 23.0 Å². The lowest BCUT2D eigenvalue weighted by molar-refractivity contribution is -0.114. The number of aromatic nitrogens is 2. The Morgan fingerprint density at radius 3 is 2.32 bits per heavy atom. The fraction of sp³-hybridized carbons (Fsp3) is 0.176. The Kier molecular flexibility index (Phi) is 3.88. The maximum absolute atomic E-state index is 12.7. The van der Waals surface area contributed by atoms with Crippen molar-refractivity contribution in [2.45, 2.75) is 6.92 Å². The molecule has 3 rings (SSSR count). The van der Waals surface area contributed by atoms with E-state index in [4.69, 9.17) is 0 Å². The van der Waals surface area contributed by atoms with E-state index in [-0.39, 0.29) is 11.1 Å². The van der Waals surface area contributed by atoms with Crippen LogP contribution in [0.1, 0.15) is 12.5 Å². The van der Waals surface area contributed by atoms with Gasteiger partial charge in [0.25, 0.3) is 11.5 Å². The molecule has 0 radical (unpaired) electrons. The highest BCUT2D eigenvalue weighted by molar-refractivity contribution is 6.32. The van der Waals surface area contributed by atoms with Crippen molar-refractivity contribution >= 4 is 23.4 Å². The molecule has 0 saturated carbocycles. The van der Waals surface area contributed by atoms with E-state index in [1.165, 1.54) is 25.2 Å². The molecule has 8 nitrogen and oxygen atoms in total. The zero-order chi connectivity index (χ0) is 18.3. The van der Waals surface area contributed by atoms with Crippen molar-refractivity contribution in [3.8, 4) is 5.88 Å². The van der Waals surface area contributed by atoms with Gasteiger partial charge in [-0.05, 0) is 25.1 Å². The Balaban J connectivity index is 2.13. The Bertz CT molecular complexity index is 1040. The lowest BCUT2D eigenvalue weighted by atomic mass is 10.1. The molecule has 0 bridgehead atoms. The number of rotatable bonds is 2. The van der Waals surface area contributed by atoms with Crippen molar-refractivity contribution in [1.82, 2.24) is 9.13 Å². The van der Waals surface area contributed by atoms with Gasteiger partial charge in [-0.3, -0.25) is 18.7 Å². The smallest absolute Gasteiger partial charge is 0.333 e. The van der Waals surface area contributed by atoms with Gasteiger partial charge < -0.3 is 5.11 Å². The van der Waals surface area contributed by atoms with Crippen LogP contribution < -0.4 is 16.3 Å². The van der Waals surface area contributed by atoms with Crippen molar-refractivity contribution in [2.75, 3.05) is 5.01 Å². The molecule has 0 spiro atoms. The largest absolute Gasteiger partial charge is 0.494 e. The first-order valence-corrected chi connectivity index (χ1v) is 7.48. The van der Waals surface area contributed by atoms with Crippen molar-refractivity contribution < 1.29 is 9.90 Å². The van der Waals surface area contributed by atoms with E-state index in [9.17, 15) is 19.5 Å². The van der Waals surface area contributed by atoms with Crippen molar-refractivity contribution in [2.24, 2.45) is 19.2 Å². The second-order valence-corrected chi connectivity index (χ2v) is 5.64. The van der Waals surface area contributed by atoms with Crippen LogP contribution in [0.4, 0.5) is 5.69 Å². The number of amides is 1. The van der Waals surface area contributed by atoms with E-state index in [1.807, 2.05) is 6.07 Å². The van der Waals surface area contributed by atoms with Gasteiger partial charge in [0.15, 0.2) is 0 Å². The average molecular weight is 340 g/mol. The molecule has 0 fully saturated rings. The minimum atomic E-state index is -0.688. The zero-order valence-electron chi connectivity index (χ0n) is 13.9. The number of para-hydroxylation sites is 1. The van der Waals surface area contributed by atoms with E-state index >= 15 is 0 Å². The number of hydrogen-bond donors (Lipinski definition) is 1. The van der Waals surface area contributed by atoms with E-state index in [0.717, 1.165) is 9.13 Å². The summed E-state index contributed by atoms with van der Waals surface area (Å²) in [6, 6.07) is 8.86. The average Bonchev–Trinajstić information content (AvgIpc) is 2.90. The highest BCUT2D eigenvalue weighted by Crippen LogP contribution is 2.25. The van der Waals surface area contributed by atoms with Gasteiger partial charge in [0.2, 0.25) is 5.88 Å². The molecule has 0 atom stereocenters. The predicted molar refractivity (Wildman–Crippen MR) is 93.6 cm³/mol. The van der Waals surface area contributed by atoms with Crippen molar-refractivity contribution in [1.29, 1.82) is 0 Å².